The van der Waals surface area contributed by atoms with Gasteiger partial charge in [0.15, 0.2) is 11.5 Å². The summed E-state index contributed by atoms with van der Waals surface area (Å²) in [5.74, 6) is -1.24. The standard InChI is InChI=1S/C24H24N2O4/c1-4-12-30-19-7-5-6-17(13-19)21-20(22(27)15(2)3)23(28)24(29)26(21)18-10-8-16(14-25)9-11-18/h5-11,13,15,21,28H,4,12H2,1-3H3. The lowest BCUT2D eigenvalue weighted by Crippen LogP contribution is -2.31. The third-order valence-electron chi connectivity index (χ3n) is 4.92. The van der Waals surface area contributed by atoms with Crippen molar-refractivity contribution in [1.29, 1.82) is 5.26 Å². The third kappa shape index (κ3) is 3.92. The van der Waals surface area contributed by atoms with Gasteiger partial charge in [-0.3, -0.25) is 14.5 Å². The molecule has 1 amide bonds. The number of carbonyl (C=O) groups excluding carboxylic acids is 2. The van der Waals surface area contributed by atoms with Crippen molar-refractivity contribution >= 4 is 17.4 Å². The van der Waals surface area contributed by atoms with E-state index < -0.39 is 23.6 Å². The van der Waals surface area contributed by atoms with E-state index in [1.165, 1.54) is 4.90 Å². The Hall–Kier alpha value is -3.59. The van der Waals surface area contributed by atoms with Crippen LogP contribution in [0.2, 0.25) is 0 Å². The lowest BCUT2D eigenvalue weighted by atomic mass is 9.91. The number of ether oxygens (including phenoxy) is 1. The van der Waals surface area contributed by atoms with E-state index in [-0.39, 0.29) is 11.4 Å². The maximum atomic E-state index is 13.0. The number of nitriles is 1. The summed E-state index contributed by atoms with van der Waals surface area (Å²) in [7, 11) is 0. The highest BCUT2D eigenvalue weighted by Gasteiger charge is 2.44. The van der Waals surface area contributed by atoms with Gasteiger partial charge in [0.1, 0.15) is 5.75 Å². The van der Waals surface area contributed by atoms with Crippen LogP contribution in [0.5, 0.6) is 5.75 Å². The van der Waals surface area contributed by atoms with Gasteiger partial charge in [0, 0.05) is 11.6 Å². The second-order valence-corrected chi connectivity index (χ2v) is 7.44. The second-order valence-electron chi connectivity index (χ2n) is 7.44. The molecule has 0 aromatic heterocycles. The molecular formula is C24H24N2O4. The summed E-state index contributed by atoms with van der Waals surface area (Å²) in [5.41, 5.74) is 1.68. The molecule has 6 heteroatoms. The Kier molecular flexibility index (Phi) is 6.22. The van der Waals surface area contributed by atoms with Crippen LogP contribution in [0.1, 0.15) is 44.4 Å². The molecule has 1 unspecified atom stereocenters. The van der Waals surface area contributed by atoms with Crippen molar-refractivity contribution < 1.29 is 19.4 Å². The minimum atomic E-state index is -0.787. The van der Waals surface area contributed by atoms with Crippen LogP contribution in [-0.2, 0) is 9.59 Å². The summed E-state index contributed by atoms with van der Waals surface area (Å²) >= 11 is 0. The minimum absolute atomic E-state index is 0.0759. The predicted octanol–water partition coefficient (Wildman–Crippen LogP) is 4.47. The van der Waals surface area contributed by atoms with E-state index in [0.29, 0.717) is 29.2 Å². The van der Waals surface area contributed by atoms with Gasteiger partial charge in [-0.05, 0) is 48.4 Å². The molecule has 0 fully saturated rings. The smallest absolute Gasteiger partial charge is 0.294 e. The number of aliphatic hydroxyl groups excluding tert-OH is 1. The highest BCUT2D eigenvalue weighted by atomic mass is 16.5. The Morgan fingerprint density at radius 3 is 2.53 bits per heavy atom. The Morgan fingerprint density at radius 2 is 1.93 bits per heavy atom. The lowest BCUT2D eigenvalue weighted by Gasteiger charge is -2.27. The number of nitrogens with zero attached hydrogens (tertiary/aromatic N) is 2. The summed E-state index contributed by atoms with van der Waals surface area (Å²) in [6.07, 6.45) is 0.848. The number of anilines is 1. The van der Waals surface area contributed by atoms with Gasteiger partial charge >= 0.3 is 0 Å². The Morgan fingerprint density at radius 1 is 1.23 bits per heavy atom. The lowest BCUT2D eigenvalue weighted by molar-refractivity contribution is -0.119. The fourth-order valence-electron chi connectivity index (χ4n) is 3.44. The minimum Gasteiger partial charge on any atom is -0.503 e. The molecule has 3 rings (SSSR count). The molecule has 6 nitrogen and oxygen atoms in total. The van der Waals surface area contributed by atoms with Crippen molar-refractivity contribution in [2.75, 3.05) is 11.5 Å². The predicted molar refractivity (Wildman–Crippen MR) is 113 cm³/mol. The Balaban J connectivity index is 2.13. The fourth-order valence-corrected chi connectivity index (χ4v) is 3.44. The number of benzene rings is 2. The molecule has 1 N–H and O–H groups in total. The van der Waals surface area contributed by atoms with Crippen LogP contribution < -0.4 is 9.64 Å². The monoisotopic (exact) mass is 404 g/mol. The first-order valence-electron chi connectivity index (χ1n) is 9.92. The van der Waals surface area contributed by atoms with E-state index >= 15 is 0 Å². The molecule has 1 aliphatic rings. The number of Topliss-reactive ketones (excluding diaryl/α,β-unsaturated/α-hetero) is 1. The molecule has 2 aromatic rings. The highest BCUT2D eigenvalue weighted by molar-refractivity contribution is 6.16. The molecular weight excluding hydrogens is 380 g/mol. The van der Waals surface area contributed by atoms with Gasteiger partial charge in [0.05, 0.1) is 29.9 Å². The molecule has 0 spiro atoms. The SMILES string of the molecule is CCCOc1cccc(C2C(C(=O)C(C)C)=C(O)C(=O)N2c2ccc(C#N)cc2)c1. The largest absolute Gasteiger partial charge is 0.503 e. The van der Waals surface area contributed by atoms with E-state index in [2.05, 4.69) is 0 Å². The average Bonchev–Trinajstić information content (AvgIpc) is 3.02. The second kappa shape index (κ2) is 8.83. The quantitative estimate of drug-likeness (QED) is 0.735. The number of hydrogen-bond donors (Lipinski definition) is 1. The molecule has 1 atom stereocenters. The fraction of sp³-hybridized carbons (Fsp3) is 0.292. The molecule has 0 radical (unpaired) electrons. The van der Waals surface area contributed by atoms with Crippen LogP contribution in [-0.4, -0.2) is 23.4 Å². The number of carbonyl (C=O) groups is 2. The molecule has 1 aliphatic heterocycles. The average molecular weight is 404 g/mol. The molecule has 30 heavy (non-hydrogen) atoms. The van der Waals surface area contributed by atoms with Crippen LogP contribution in [0.15, 0.2) is 59.9 Å². The van der Waals surface area contributed by atoms with Gasteiger partial charge in [-0.15, -0.1) is 0 Å². The maximum Gasteiger partial charge on any atom is 0.294 e. The Bertz CT molecular complexity index is 1030. The number of aliphatic hydroxyl groups is 1. The van der Waals surface area contributed by atoms with Crippen molar-refractivity contribution in [3.63, 3.8) is 0 Å². The van der Waals surface area contributed by atoms with Crippen molar-refractivity contribution in [1.82, 2.24) is 0 Å². The highest BCUT2D eigenvalue weighted by Crippen LogP contribution is 2.42. The maximum absolute atomic E-state index is 13.0. The van der Waals surface area contributed by atoms with Crippen LogP contribution in [0.25, 0.3) is 0 Å². The first-order chi connectivity index (χ1) is 14.4. The van der Waals surface area contributed by atoms with Gasteiger partial charge < -0.3 is 9.84 Å². The van der Waals surface area contributed by atoms with Crippen molar-refractivity contribution in [2.45, 2.75) is 33.2 Å². The normalized spacial score (nSPS) is 16.2. The van der Waals surface area contributed by atoms with Crippen LogP contribution >= 0.6 is 0 Å². The van der Waals surface area contributed by atoms with E-state index in [9.17, 15) is 14.7 Å². The summed E-state index contributed by atoms with van der Waals surface area (Å²) in [5, 5.41) is 19.7. The van der Waals surface area contributed by atoms with Gasteiger partial charge in [0.25, 0.3) is 5.91 Å². The van der Waals surface area contributed by atoms with E-state index in [1.807, 2.05) is 19.1 Å². The number of rotatable bonds is 7. The number of ketones is 1. The van der Waals surface area contributed by atoms with Crippen molar-refractivity contribution in [3.8, 4) is 11.8 Å². The zero-order chi connectivity index (χ0) is 21.8. The van der Waals surface area contributed by atoms with Crippen LogP contribution in [0.3, 0.4) is 0 Å². The van der Waals surface area contributed by atoms with Gasteiger partial charge in [-0.2, -0.15) is 5.26 Å². The van der Waals surface area contributed by atoms with Crippen molar-refractivity contribution in [2.24, 2.45) is 5.92 Å². The zero-order valence-electron chi connectivity index (χ0n) is 17.3. The summed E-state index contributed by atoms with van der Waals surface area (Å²) in [6.45, 7) is 6.02. The van der Waals surface area contributed by atoms with Crippen molar-refractivity contribution in [3.05, 3.63) is 71.0 Å². The summed E-state index contributed by atoms with van der Waals surface area (Å²) in [4.78, 5) is 27.3. The van der Waals surface area contributed by atoms with Gasteiger partial charge in [0.2, 0.25) is 0 Å². The molecule has 0 saturated heterocycles. The molecule has 0 aliphatic carbocycles. The van der Waals surface area contributed by atoms with E-state index in [1.54, 1.807) is 56.3 Å². The summed E-state index contributed by atoms with van der Waals surface area (Å²) < 4.78 is 5.72. The van der Waals surface area contributed by atoms with Crippen LogP contribution in [0, 0.1) is 17.2 Å². The van der Waals surface area contributed by atoms with Crippen LogP contribution in [0.4, 0.5) is 5.69 Å². The summed E-state index contributed by atoms with van der Waals surface area (Å²) in [6, 6.07) is 14.9. The molecule has 0 saturated carbocycles. The topological polar surface area (TPSA) is 90.6 Å². The molecule has 154 valence electrons. The third-order valence-corrected chi connectivity index (χ3v) is 4.92. The molecule has 2 aromatic carbocycles. The first kappa shape index (κ1) is 21.1. The van der Waals surface area contributed by atoms with Gasteiger partial charge in [-0.1, -0.05) is 32.9 Å². The van der Waals surface area contributed by atoms with Gasteiger partial charge in [-0.25, -0.2) is 0 Å². The first-order valence-corrected chi connectivity index (χ1v) is 9.92. The number of amides is 1. The molecule has 1 heterocycles. The zero-order valence-corrected chi connectivity index (χ0v) is 17.3. The van der Waals surface area contributed by atoms with E-state index in [0.717, 1.165) is 6.42 Å². The van der Waals surface area contributed by atoms with E-state index in [4.69, 9.17) is 10.00 Å². The molecule has 0 bridgehead atoms. The number of hydrogen-bond acceptors (Lipinski definition) is 5. The Labute approximate surface area is 176 Å².